The maximum atomic E-state index is 5.94. The molecule has 0 N–H and O–H groups in total. The van der Waals surface area contributed by atoms with Gasteiger partial charge in [-0.1, -0.05) is 55.6 Å². The van der Waals surface area contributed by atoms with Crippen LogP contribution < -0.4 is 0 Å². The Morgan fingerprint density at radius 3 is 2.83 bits per heavy atom. The Hall–Kier alpha value is 0.210. The highest BCUT2D eigenvalue weighted by Gasteiger charge is 1.95. The second-order valence-corrected chi connectivity index (χ2v) is 4.19. The quantitative estimate of drug-likeness (QED) is 0.705. The van der Waals surface area contributed by atoms with Crippen molar-refractivity contribution in [3.8, 4) is 0 Å². The summed E-state index contributed by atoms with van der Waals surface area (Å²) in [7, 11) is 0. The van der Waals surface area contributed by atoms with Crippen molar-refractivity contribution in [2.24, 2.45) is 0 Å². The third-order valence-corrected chi connectivity index (χ3v) is 2.56. The highest BCUT2D eigenvalue weighted by Crippen LogP contribution is 2.21. The van der Waals surface area contributed by atoms with Crippen molar-refractivity contribution in [1.82, 2.24) is 0 Å². The molecule has 0 saturated carbocycles. The molecule has 0 aromatic heterocycles. The molecule has 0 atom stereocenters. The molecule has 0 saturated heterocycles. The monoisotopic (exact) mass is 308 g/mol. The van der Waals surface area contributed by atoms with Gasteiger partial charge in [-0.15, -0.1) is 0 Å². The summed E-state index contributed by atoms with van der Waals surface area (Å²) < 4.78 is 1.04. The van der Waals surface area contributed by atoms with Crippen LogP contribution in [-0.4, -0.2) is 5.33 Å². The second kappa shape index (κ2) is 5.05. The molecule has 0 amide bonds. The Morgan fingerprint density at radius 2 is 2.17 bits per heavy atom. The third kappa shape index (κ3) is 2.92. The second-order valence-electron chi connectivity index (χ2n) is 2.22. The van der Waals surface area contributed by atoms with Crippen LogP contribution in [0.3, 0.4) is 0 Å². The summed E-state index contributed by atoms with van der Waals surface area (Å²) in [6, 6.07) is 5.79. The summed E-state index contributed by atoms with van der Waals surface area (Å²) in [5, 5.41) is 1.62. The van der Waals surface area contributed by atoms with Gasteiger partial charge in [0, 0.05) is 14.8 Å². The topological polar surface area (TPSA) is 0 Å². The maximum Gasteiger partial charge on any atom is 0.0479 e. The van der Waals surface area contributed by atoms with Gasteiger partial charge in [0.25, 0.3) is 0 Å². The summed E-state index contributed by atoms with van der Waals surface area (Å²) in [4.78, 5) is 0. The van der Waals surface area contributed by atoms with Crippen LogP contribution in [-0.2, 0) is 0 Å². The van der Waals surface area contributed by atoms with Crippen molar-refractivity contribution in [3.63, 3.8) is 0 Å². The minimum Gasteiger partial charge on any atom is -0.0883 e. The molecule has 0 nitrogen and oxygen atoms in total. The lowest BCUT2D eigenvalue weighted by molar-refractivity contribution is 1.60. The Morgan fingerprint density at radius 1 is 1.42 bits per heavy atom. The standard InChI is InChI=1S/C9H7Br2Cl/c10-5-1-2-7-6-8(11)3-4-9(7)12/h1-4,6H,5H2. The lowest BCUT2D eigenvalue weighted by Crippen LogP contribution is -1.75. The van der Waals surface area contributed by atoms with E-state index in [0.717, 1.165) is 20.4 Å². The Labute approximate surface area is 93.9 Å². The molecule has 3 heteroatoms. The number of benzene rings is 1. The van der Waals surface area contributed by atoms with Crippen molar-refractivity contribution in [3.05, 3.63) is 39.3 Å². The van der Waals surface area contributed by atoms with E-state index in [1.165, 1.54) is 0 Å². The molecule has 1 aromatic rings. The van der Waals surface area contributed by atoms with E-state index >= 15 is 0 Å². The molecule has 64 valence electrons. The third-order valence-electron chi connectivity index (χ3n) is 1.34. The summed E-state index contributed by atoms with van der Waals surface area (Å²) in [5.41, 5.74) is 1.03. The van der Waals surface area contributed by atoms with E-state index in [9.17, 15) is 0 Å². The lowest BCUT2D eigenvalue weighted by atomic mass is 10.2. The minimum atomic E-state index is 0.774. The first-order valence-corrected chi connectivity index (χ1v) is 5.71. The van der Waals surface area contributed by atoms with Gasteiger partial charge >= 0.3 is 0 Å². The molecular formula is C9H7Br2Cl. The number of halogens is 3. The highest BCUT2D eigenvalue weighted by molar-refractivity contribution is 9.10. The first-order chi connectivity index (χ1) is 5.74. The van der Waals surface area contributed by atoms with Gasteiger partial charge in [-0.3, -0.25) is 0 Å². The lowest BCUT2D eigenvalue weighted by Gasteiger charge is -1.97. The maximum absolute atomic E-state index is 5.94. The van der Waals surface area contributed by atoms with Crippen LogP contribution in [0.25, 0.3) is 6.08 Å². The molecule has 12 heavy (non-hydrogen) atoms. The van der Waals surface area contributed by atoms with Crippen LogP contribution in [0.1, 0.15) is 5.56 Å². The average Bonchev–Trinajstić information content (AvgIpc) is 2.07. The van der Waals surface area contributed by atoms with Crippen molar-refractivity contribution in [1.29, 1.82) is 0 Å². The fourth-order valence-electron chi connectivity index (χ4n) is 0.814. The summed E-state index contributed by atoms with van der Waals surface area (Å²) >= 11 is 12.6. The molecule has 0 fully saturated rings. The van der Waals surface area contributed by atoms with Gasteiger partial charge in [0.15, 0.2) is 0 Å². The van der Waals surface area contributed by atoms with Crippen LogP contribution in [0, 0.1) is 0 Å². The highest BCUT2D eigenvalue weighted by atomic mass is 79.9. The van der Waals surface area contributed by atoms with Crippen molar-refractivity contribution >= 4 is 49.5 Å². The molecule has 0 bridgehead atoms. The fourth-order valence-corrected chi connectivity index (χ4v) is 1.56. The number of alkyl halides is 1. The van der Waals surface area contributed by atoms with Crippen LogP contribution in [0.5, 0.6) is 0 Å². The van der Waals surface area contributed by atoms with Crippen molar-refractivity contribution in [2.75, 3.05) is 5.33 Å². The zero-order valence-electron chi connectivity index (χ0n) is 6.23. The summed E-state index contributed by atoms with van der Waals surface area (Å²) in [6.45, 7) is 0. The zero-order valence-corrected chi connectivity index (χ0v) is 10.2. The van der Waals surface area contributed by atoms with E-state index in [0.29, 0.717) is 0 Å². The predicted octanol–water partition coefficient (Wildman–Crippen LogP) is 4.51. The number of allylic oxidation sites excluding steroid dienone is 1. The Bertz CT molecular complexity index is 295. The molecule has 1 aromatic carbocycles. The molecule has 0 heterocycles. The molecule has 0 aliphatic carbocycles. The molecular weight excluding hydrogens is 303 g/mol. The number of hydrogen-bond acceptors (Lipinski definition) is 0. The molecule has 0 spiro atoms. The fraction of sp³-hybridized carbons (Fsp3) is 0.111. The van der Waals surface area contributed by atoms with E-state index < -0.39 is 0 Å². The average molecular weight is 310 g/mol. The van der Waals surface area contributed by atoms with Crippen LogP contribution in [0.4, 0.5) is 0 Å². The molecule has 1 rings (SSSR count). The first kappa shape index (κ1) is 10.3. The first-order valence-electron chi connectivity index (χ1n) is 3.41. The van der Waals surface area contributed by atoms with Crippen LogP contribution in [0.15, 0.2) is 28.7 Å². The number of rotatable bonds is 2. The van der Waals surface area contributed by atoms with Crippen LogP contribution >= 0.6 is 43.5 Å². The number of hydrogen-bond donors (Lipinski definition) is 0. The minimum absolute atomic E-state index is 0.774. The molecule has 0 radical (unpaired) electrons. The van der Waals surface area contributed by atoms with Gasteiger partial charge in [0.2, 0.25) is 0 Å². The van der Waals surface area contributed by atoms with Gasteiger partial charge in [0.1, 0.15) is 0 Å². The molecule has 0 aliphatic rings. The largest absolute Gasteiger partial charge is 0.0883 e. The Kier molecular flexibility index (Phi) is 4.33. The van der Waals surface area contributed by atoms with E-state index in [-0.39, 0.29) is 0 Å². The van der Waals surface area contributed by atoms with E-state index in [1.54, 1.807) is 0 Å². The van der Waals surface area contributed by atoms with Gasteiger partial charge in [-0.05, 0) is 23.8 Å². The van der Waals surface area contributed by atoms with Crippen molar-refractivity contribution < 1.29 is 0 Å². The normalized spacial score (nSPS) is 10.9. The van der Waals surface area contributed by atoms with Gasteiger partial charge < -0.3 is 0 Å². The van der Waals surface area contributed by atoms with Crippen molar-refractivity contribution in [2.45, 2.75) is 0 Å². The summed E-state index contributed by atoms with van der Waals surface area (Å²) in [5.74, 6) is 0. The van der Waals surface area contributed by atoms with Crippen LogP contribution in [0.2, 0.25) is 5.02 Å². The van der Waals surface area contributed by atoms with Gasteiger partial charge in [-0.2, -0.15) is 0 Å². The van der Waals surface area contributed by atoms with Gasteiger partial charge in [-0.25, -0.2) is 0 Å². The van der Waals surface area contributed by atoms with E-state index in [2.05, 4.69) is 31.9 Å². The van der Waals surface area contributed by atoms with E-state index in [4.69, 9.17) is 11.6 Å². The molecule has 0 aliphatic heterocycles. The predicted molar refractivity (Wildman–Crippen MR) is 62.0 cm³/mol. The smallest absolute Gasteiger partial charge is 0.0479 e. The van der Waals surface area contributed by atoms with Gasteiger partial charge in [0.05, 0.1) is 0 Å². The van der Waals surface area contributed by atoms with E-state index in [1.807, 2.05) is 30.4 Å². The SMILES string of the molecule is Clc1ccc(Br)cc1C=CCBr. The summed E-state index contributed by atoms with van der Waals surface area (Å²) in [6.07, 6.45) is 4.00. The Balaban J connectivity index is 2.97. The zero-order chi connectivity index (χ0) is 8.97. The molecule has 0 unspecified atom stereocenters.